The molecule has 0 saturated heterocycles. The van der Waals surface area contributed by atoms with Crippen LogP contribution in [0.25, 0.3) is 10.9 Å². The third-order valence-corrected chi connectivity index (χ3v) is 3.80. The van der Waals surface area contributed by atoms with Gasteiger partial charge in [-0.15, -0.1) is 0 Å². The number of nitrogens with two attached hydrogens (primary N) is 1. The van der Waals surface area contributed by atoms with E-state index < -0.39 is 0 Å². The lowest BCUT2D eigenvalue weighted by Gasteiger charge is -2.14. The first-order chi connectivity index (χ1) is 9.70. The van der Waals surface area contributed by atoms with Crippen LogP contribution < -0.4 is 5.73 Å². The summed E-state index contributed by atoms with van der Waals surface area (Å²) in [5.41, 5.74) is 9.23. The van der Waals surface area contributed by atoms with Gasteiger partial charge in [0.05, 0.1) is 0 Å². The molecular weight excluding hydrogens is 251 g/mol. The summed E-state index contributed by atoms with van der Waals surface area (Å²) in [7, 11) is 1.97. The number of benzene rings is 2. The molecule has 1 heterocycles. The molecule has 1 unspecified atom stereocenters. The number of fused-ring (bicyclic) bond motifs is 1. The quantitative estimate of drug-likeness (QED) is 0.775. The van der Waals surface area contributed by atoms with E-state index in [1.54, 1.807) is 6.07 Å². The van der Waals surface area contributed by atoms with Gasteiger partial charge in [0.2, 0.25) is 0 Å². The highest BCUT2D eigenvalue weighted by molar-refractivity contribution is 5.85. The fourth-order valence-electron chi connectivity index (χ4n) is 2.80. The van der Waals surface area contributed by atoms with E-state index in [2.05, 4.69) is 18.3 Å². The molecule has 0 bridgehead atoms. The van der Waals surface area contributed by atoms with Crippen molar-refractivity contribution in [2.75, 3.05) is 6.54 Å². The van der Waals surface area contributed by atoms with Crippen molar-refractivity contribution in [3.05, 3.63) is 71.7 Å². The minimum Gasteiger partial charge on any atom is -0.350 e. The summed E-state index contributed by atoms with van der Waals surface area (Å²) in [6, 6.07) is 15.0. The number of hydrogen-bond acceptors (Lipinski definition) is 1. The molecule has 0 radical (unpaired) electrons. The Kier molecular flexibility index (Phi) is 3.28. The summed E-state index contributed by atoms with van der Waals surface area (Å²) in [4.78, 5) is 0. The van der Waals surface area contributed by atoms with Crippen LogP contribution in [-0.2, 0) is 7.05 Å². The smallest absolute Gasteiger partial charge is 0.123 e. The van der Waals surface area contributed by atoms with Crippen molar-refractivity contribution >= 4 is 10.9 Å². The predicted molar refractivity (Wildman–Crippen MR) is 80.2 cm³/mol. The van der Waals surface area contributed by atoms with Gasteiger partial charge < -0.3 is 10.3 Å². The summed E-state index contributed by atoms with van der Waals surface area (Å²) in [5, 5.41) is 0.937. The van der Waals surface area contributed by atoms with Crippen LogP contribution in [0.1, 0.15) is 17.0 Å². The number of halogens is 1. The third kappa shape index (κ3) is 2.10. The van der Waals surface area contributed by atoms with Crippen molar-refractivity contribution in [2.45, 2.75) is 5.92 Å². The van der Waals surface area contributed by atoms with E-state index in [4.69, 9.17) is 5.73 Å². The number of nitrogens with zero attached hydrogens (tertiary/aromatic N) is 1. The SMILES string of the molecule is Cn1cc(C(CN)c2ccccc2)c2cc(F)ccc21. The van der Waals surface area contributed by atoms with Crippen molar-refractivity contribution in [2.24, 2.45) is 12.8 Å². The highest BCUT2D eigenvalue weighted by atomic mass is 19.1. The monoisotopic (exact) mass is 268 g/mol. The Bertz CT molecular complexity index is 731. The van der Waals surface area contributed by atoms with E-state index >= 15 is 0 Å². The van der Waals surface area contributed by atoms with Crippen LogP contribution >= 0.6 is 0 Å². The highest BCUT2D eigenvalue weighted by Crippen LogP contribution is 2.31. The zero-order valence-corrected chi connectivity index (χ0v) is 11.4. The molecule has 3 heteroatoms. The Morgan fingerprint density at radius 2 is 1.90 bits per heavy atom. The Balaban J connectivity index is 2.20. The normalized spacial score (nSPS) is 12.8. The van der Waals surface area contributed by atoms with Crippen molar-refractivity contribution < 1.29 is 4.39 Å². The highest BCUT2D eigenvalue weighted by Gasteiger charge is 2.18. The van der Waals surface area contributed by atoms with Crippen LogP contribution in [0.3, 0.4) is 0 Å². The van der Waals surface area contributed by atoms with E-state index in [1.165, 1.54) is 6.07 Å². The zero-order chi connectivity index (χ0) is 14.1. The molecule has 2 nitrogen and oxygen atoms in total. The Morgan fingerprint density at radius 3 is 2.60 bits per heavy atom. The molecule has 0 saturated carbocycles. The second-order valence-corrected chi connectivity index (χ2v) is 5.06. The van der Waals surface area contributed by atoms with Crippen LogP contribution in [-0.4, -0.2) is 11.1 Å². The van der Waals surface area contributed by atoms with Gasteiger partial charge in [0.25, 0.3) is 0 Å². The van der Waals surface area contributed by atoms with Crippen LogP contribution in [0, 0.1) is 5.82 Å². The molecule has 0 fully saturated rings. The summed E-state index contributed by atoms with van der Waals surface area (Å²) in [6.07, 6.45) is 2.05. The first kappa shape index (κ1) is 12.9. The van der Waals surface area contributed by atoms with Gasteiger partial charge in [0.1, 0.15) is 5.82 Å². The fraction of sp³-hybridized carbons (Fsp3) is 0.176. The van der Waals surface area contributed by atoms with E-state index in [-0.39, 0.29) is 11.7 Å². The predicted octanol–water partition coefficient (Wildman–Crippen LogP) is 3.41. The Labute approximate surface area is 117 Å². The molecule has 0 amide bonds. The first-order valence-corrected chi connectivity index (χ1v) is 6.70. The fourth-order valence-corrected chi connectivity index (χ4v) is 2.80. The number of hydrogen-bond donors (Lipinski definition) is 1. The summed E-state index contributed by atoms with van der Waals surface area (Å²) in [5.74, 6) is -0.129. The summed E-state index contributed by atoms with van der Waals surface area (Å²) in [6.45, 7) is 0.500. The molecule has 1 atom stereocenters. The third-order valence-electron chi connectivity index (χ3n) is 3.80. The summed E-state index contributed by atoms with van der Waals surface area (Å²) < 4.78 is 15.6. The van der Waals surface area contributed by atoms with E-state index in [1.807, 2.05) is 35.9 Å². The lowest BCUT2D eigenvalue weighted by atomic mass is 9.91. The zero-order valence-electron chi connectivity index (χ0n) is 11.4. The molecule has 1 aromatic heterocycles. The van der Waals surface area contributed by atoms with Crippen LogP contribution in [0.4, 0.5) is 4.39 Å². The molecule has 0 spiro atoms. The summed E-state index contributed by atoms with van der Waals surface area (Å²) >= 11 is 0. The molecule has 0 aliphatic carbocycles. The van der Waals surface area contributed by atoms with Crippen LogP contribution in [0.2, 0.25) is 0 Å². The Morgan fingerprint density at radius 1 is 1.15 bits per heavy atom. The van der Waals surface area contributed by atoms with Crippen molar-refractivity contribution in [1.29, 1.82) is 0 Å². The van der Waals surface area contributed by atoms with Gasteiger partial charge in [-0.25, -0.2) is 4.39 Å². The molecule has 3 aromatic rings. The van der Waals surface area contributed by atoms with Gasteiger partial charge in [-0.3, -0.25) is 0 Å². The largest absolute Gasteiger partial charge is 0.350 e. The van der Waals surface area contributed by atoms with E-state index in [0.717, 1.165) is 22.0 Å². The number of rotatable bonds is 3. The van der Waals surface area contributed by atoms with Crippen molar-refractivity contribution in [1.82, 2.24) is 4.57 Å². The molecule has 2 aromatic carbocycles. The molecule has 0 aliphatic rings. The van der Waals surface area contributed by atoms with Gasteiger partial charge in [-0.2, -0.15) is 0 Å². The van der Waals surface area contributed by atoms with Crippen LogP contribution in [0.5, 0.6) is 0 Å². The van der Waals surface area contributed by atoms with Gasteiger partial charge in [-0.1, -0.05) is 30.3 Å². The van der Waals surface area contributed by atoms with E-state index in [9.17, 15) is 4.39 Å². The molecule has 20 heavy (non-hydrogen) atoms. The molecule has 2 N–H and O–H groups in total. The Hall–Kier alpha value is -2.13. The van der Waals surface area contributed by atoms with Crippen molar-refractivity contribution in [3.8, 4) is 0 Å². The van der Waals surface area contributed by atoms with Gasteiger partial charge in [0, 0.05) is 36.6 Å². The second-order valence-electron chi connectivity index (χ2n) is 5.06. The molecule has 102 valence electrons. The van der Waals surface area contributed by atoms with Crippen molar-refractivity contribution in [3.63, 3.8) is 0 Å². The standard InChI is InChI=1S/C17H17FN2/c1-20-11-16(14-9-13(18)7-8-17(14)20)15(10-19)12-5-3-2-4-6-12/h2-9,11,15H,10,19H2,1H3. The second kappa shape index (κ2) is 5.10. The molecule has 3 rings (SSSR count). The maximum Gasteiger partial charge on any atom is 0.123 e. The van der Waals surface area contributed by atoms with Gasteiger partial charge in [0.15, 0.2) is 0 Å². The van der Waals surface area contributed by atoms with Crippen LogP contribution in [0.15, 0.2) is 54.7 Å². The molecular formula is C17H17FN2. The maximum atomic E-state index is 13.6. The van der Waals surface area contributed by atoms with Gasteiger partial charge >= 0.3 is 0 Å². The van der Waals surface area contributed by atoms with Gasteiger partial charge in [-0.05, 0) is 29.3 Å². The number of aryl methyl sites for hydroxylation is 1. The maximum absolute atomic E-state index is 13.6. The lowest BCUT2D eigenvalue weighted by molar-refractivity contribution is 0.629. The average molecular weight is 268 g/mol. The van der Waals surface area contributed by atoms with E-state index in [0.29, 0.717) is 6.54 Å². The minimum atomic E-state index is -0.214. The first-order valence-electron chi connectivity index (χ1n) is 6.70. The minimum absolute atomic E-state index is 0.0849. The lowest BCUT2D eigenvalue weighted by Crippen LogP contribution is -2.13. The number of aromatic nitrogens is 1. The topological polar surface area (TPSA) is 30.9 Å². The average Bonchev–Trinajstić information content (AvgIpc) is 2.78. The molecule has 0 aliphatic heterocycles.